The van der Waals surface area contributed by atoms with Crippen molar-refractivity contribution in [2.75, 3.05) is 13.2 Å². The van der Waals surface area contributed by atoms with E-state index in [0.717, 1.165) is 116 Å². The highest BCUT2D eigenvalue weighted by Crippen LogP contribution is 2.16. The molecule has 0 rings (SSSR count). The summed E-state index contributed by atoms with van der Waals surface area (Å²) in [5, 5.41) is 0. The number of unbranched alkanes of at least 4 members (excludes halogenated alkanes) is 28. The number of esters is 3. The molecule has 6 heteroatoms. The van der Waals surface area contributed by atoms with Crippen molar-refractivity contribution in [1.82, 2.24) is 0 Å². The van der Waals surface area contributed by atoms with E-state index >= 15 is 0 Å². The highest BCUT2D eigenvalue weighted by atomic mass is 16.6. The zero-order chi connectivity index (χ0) is 58.5. The first-order valence-electron chi connectivity index (χ1n) is 33.7. The molecule has 0 radical (unpaired) electrons. The van der Waals surface area contributed by atoms with Gasteiger partial charge < -0.3 is 14.2 Å². The van der Waals surface area contributed by atoms with Crippen molar-refractivity contribution < 1.29 is 28.6 Å². The lowest BCUT2D eigenvalue weighted by atomic mass is 10.0. The van der Waals surface area contributed by atoms with Gasteiger partial charge in [0.1, 0.15) is 13.2 Å². The van der Waals surface area contributed by atoms with Crippen molar-refractivity contribution in [2.45, 2.75) is 309 Å². The number of carbonyl (C=O) groups excluding carboxylic acids is 3. The van der Waals surface area contributed by atoms with E-state index in [9.17, 15) is 14.4 Å². The molecule has 0 aromatic carbocycles. The summed E-state index contributed by atoms with van der Waals surface area (Å²) in [7, 11) is 0. The first-order chi connectivity index (χ1) is 40.0. The van der Waals surface area contributed by atoms with Gasteiger partial charge in [0.15, 0.2) is 6.10 Å². The number of allylic oxidation sites excluding steroid dienone is 21. The second-order valence-corrected chi connectivity index (χ2v) is 22.0. The number of hydrogen-bond acceptors (Lipinski definition) is 6. The first kappa shape index (κ1) is 76.5. The van der Waals surface area contributed by atoms with Gasteiger partial charge in [-0.2, -0.15) is 0 Å². The molecule has 1 unspecified atom stereocenters. The third kappa shape index (κ3) is 66.2. The summed E-state index contributed by atoms with van der Waals surface area (Å²) in [4.78, 5) is 38.3. The molecule has 0 heterocycles. The summed E-state index contributed by atoms with van der Waals surface area (Å²) in [5.74, 6) is -1.06. The maximum atomic E-state index is 12.9. The van der Waals surface area contributed by atoms with E-state index in [0.29, 0.717) is 6.42 Å². The fourth-order valence-corrected chi connectivity index (χ4v) is 9.19. The van der Waals surface area contributed by atoms with E-state index in [4.69, 9.17) is 14.2 Å². The third-order valence-electron chi connectivity index (χ3n) is 14.2. The Hall–Kier alpha value is -4.45. The molecule has 1 atom stereocenters. The van der Waals surface area contributed by atoms with Crippen LogP contribution in [0.1, 0.15) is 303 Å². The summed E-state index contributed by atoms with van der Waals surface area (Å²) in [5.41, 5.74) is 0. The van der Waals surface area contributed by atoms with Crippen molar-refractivity contribution in [3.8, 4) is 0 Å². The molecule has 0 saturated carbocycles. The lowest BCUT2D eigenvalue weighted by molar-refractivity contribution is -0.166. The van der Waals surface area contributed by atoms with Crippen molar-refractivity contribution in [3.63, 3.8) is 0 Å². The molecule has 460 valence electrons. The minimum absolute atomic E-state index is 0.116. The van der Waals surface area contributed by atoms with Gasteiger partial charge in [0.25, 0.3) is 0 Å². The van der Waals surface area contributed by atoms with Crippen molar-refractivity contribution in [2.24, 2.45) is 0 Å². The second kappa shape index (κ2) is 68.1. The van der Waals surface area contributed by atoms with Crippen LogP contribution in [0.3, 0.4) is 0 Å². The Balaban J connectivity index is 4.36. The molecule has 0 amide bonds. The molecule has 0 aliphatic rings. The summed E-state index contributed by atoms with van der Waals surface area (Å²) < 4.78 is 16.8. The van der Waals surface area contributed by atoms with Gasteiger partial charge in [0, 0.05) is 12.8 Å². The first-order valence-corrected chi connectivity index (χ1v) is 33.7. The highest BCUT2D eigenvalue weighted by Gasteiger charge is 2.19. The average Bonchev–Trinajstić information content (AvgIpc) is 3.47. The molecule has 0 spiro atoms. The van der Waals surface area contributed by atoms with Gasteiger partial charge in [0.2, 0.25) is 0 Å². The third-order valence-corrected chi connectivity index (χ3v) is 14.2. The predicted octanol–water partition coefficient (Wildman–Crippen LogP) is 23.3. The zero-order valence-electron chi connectivity index (χ0n) is 52.8. The van der Waals surface area contributed by atoms with Crippen molar-refractivity contribution in [3.05, 3.63) is 134 Å². The Kier molecular flexibility index (Phi) is 64.3. The zero-order valence-corrected chi connectivity index (χ0v) is 52.8. The fourth-order valence-electron chi connectivity index (χ4n) is 9.19. The number of carbonyl (C=O) groups is 3. The van der Waals surface area contributed by atoms with Crippen LogP contribution < -0.4 is 0 Å². The molecule has 81 heavy (non-hydrogen) atoms. The van der Waals surface area contributed by atoms with E-state index in [1.807, 2.05) is 6.08 Å². The molecule has 0 aliphatic carbocycles. The largest absolute Gasteiger partial charge is 0.462 e. The smallest absolute Gasteiger partial charge is 0.309 e. The molecular weight excluding hydrogens is 997 g/mol. The summed E-state index contributed by atoms with van der Waals surface area (Å²) in [6, 6.07) is 0. The van der Waals surface area contributed by atoms with E-state index in [1.165, 1.54) is 148 Å². The van der Waals surface area contributed by atoms with E-state index in [1.54, 1.807) is 6.08 Å². The van der Waals surface area contributed by atoms with Crippen LogP contribution in [-0.4, -0.2) is 37.2 Å². The Morgan fingerprint density at radius 2 is 0.531 bits per heavy atom. The number of ether oxygens (including phenoxy) is 3. The van der Waals surface area contributed by atoms with Gasteiger partial charge in [-0.25, -0.2) is 0 Å². The Labute approximate surface area is 500 Å². The van der Waals surface area contributed by atoms with E-state index in [-0.39, 0.29) is 38.0 Å². The SMILES string of the molecule is CC/C=C\C/C=C\C/C=C\C/C=C\C/C=C\CC(=O)OCC(COC(=O)CCCCCCCCCCCCCCCCCCC/C=C\C/C=C\CCCCCCC)OC(=O)CCCCCCCC/C=C\C/C=C\C/C=C\C/C=C\CC. The van der Waals surface area contributed by atoms with Crippen molar-refractivity contribution >= 4 is 17.9 Å². The highest BCUT2D eigenvalue weighted by molar-refractivity contribution is 5.72. The van der Waals surface area contributed by atoms with Gasteiger partial charge in [-0.1, -0.05) is 302 Å². The number of rotatable bonds is 60. The Morgan fingerprint density at radius 3 is 0.864 bits per heavy atom. The molecule has 6 nitrogen and oxygen atoms in total. The maximum Gasteiger partial charge on any atom is 0.309 e. The van der Waals surface area contributed by atoms with Crippen molar-refractivity contribution in [1.29, 1.82) is 0 Å². The standard InChI is InChI=1S/C75H124O6/c1-4-7-10-13-16-19-22-25-28-30-32-33-34-35-36-37-38-39-40-41-43-44-47-50-53-56-59-62-65-68-74(77)80-71-72(70-79-73(76)67-64-61-58-55-52-49-46-27-24-21-18-15-12-9-6-3)81-75(78)69-66-63-60-57-54-51-48-45-42-31-29-26-23-20-17-14-11-8-5-2/h8-9,11-12,17-18,20-22,25-27,29-30,32,42,45-46,52,55,61,64,72H,4-7,10,13-16,19,23-24,28,31,33-41,43-44,47-51,53-54,56-60,62-63,65-71H2,1-3H3/b11-8-,12-9-,20-17-,21-18-,25-22-,29-26-,32-30-,45-42-,46-27-,55-52-,64-61-. The van der Waals surface area contributed by atoms with Crippen LogP contribution in [0.15, 0.2) is 134 Å². The topological polar surface area (TPSA) is 78.9 Å². The molecule has 0 fully saturated rings. The lowest BCUT2D eigenvalue weighted by Crippen LogP contribution is -2.30. The van der Waals surface area contributed by atoms with E-state index in [2.05, 4.69) is 142 Å². The normalized spacial score (nSPS) is 13.0. The predicted molar refractivity (Wildman–Crippen MR) is 353 cm³/mol. The molecular formula is C75H124O6. The molecule has 0 saturated heterocycles. The van der Waals surface area contributed by atoms with Crippen LogP contribution in [0.2, 0.25) is 0 Å². The molecule has 0 aromatic heterocycles. The number of hydrogen-bond donors (Lipinski definition) is 0. The fraction of sp³-hybridized carbons (Fsp3) is 0.667. The van der Waals surface area contributed by atoms with Gasteiger partial charge in [-0.3, -0.25) is 14.4 Å². The second-order valence-electron chi connectivity index (χ2n) is 22.0. The van der Waals surface area contributed by atoms with Gasteiger partial charge in [0.05, 0.1) is 6.42 Å². The van der Waals surface area contributed by atoms with Crippen LogP contribution >= 0.6 is 0 Å². The minimum Gasteiger partial charge on any atom is -0.462 e. The maximum absolute atomic E-state index is 12.9. The van der Waals surface area contributed by atoms with Crippen LogP contribution in [0.4, 0.5) is 0 Å². The van der Waals surface area contributed by atoms with Gasteiger partial charge in [-0.05, 0) is 116 Å². The van der Waals surface area contributed by atoms with Crippen LogP contribution in [-0.2, 0) is 28.6 Å². The van der Waals surface area contributed by atoms with Crippen LogP contribution in [0.25, 0.3) is 0 Å². The van der Waals surface area contributed by atoms with E-state index < -0.39 is 12.1 Å². The van der Waals surface area contributed by atoms with Gasteiger partial charge in [-0.15, -0.1) is 0 Å². The average molecular weight is 1120 g/mol. The van der Waals surface area contributed by atoms with Crippen LogP contribution in [0.5, 0.6) is 0 Å². The minimum atomic E-state index is -0.831. The lowest BCUT2D eigenvalue weighted by Gasteiger charge is -2.18. The van der Waals surface area contributed by atoms with Crippen LogP contribution in [0, 0.1) is 0 Å². The molecule has 0 bridgehead atoms. The summed E-state index contributed by atoms with van der Waals surface area (Å²) in [6.07, 6.45) is 96.4. The van der Waals surface area contributed by atoms with Gasteiger partial charge >= 0.3 is 17.9 Å². The molecule has 0 N–H and O–H groups in total. The molecule has 0 aromatic rings. The summed E-state index contributed by atoms with van der Waals surface area (Å²) >= 11 is 0. The summed E-state index contributed by atoms with van der Waals surface area (Å²) in [6.45, 7) is 6.32. The Bertz CT molecular complexity index is 1720. The molecule has 0 aliphatic heterocycles. The Morgan fingerprint density at radius 1 is 0.272 bits per heavy atom. The quantitative estimate of drug-likeness (QED) is 0.0261. The monoisotopic (exact) mass is 1120 g/mol.